The molecule has 152 valence electrons. The van der Waals surface area contributed by atoms with Gasteiger partial charge in [-0.15, -0.1) is 0 Å². The van der Waals surface area contributed by atoms with Gasteiger partial charge in [0, 0.05) is 18.1 Å². The summed E-state index contributed by atoms with van der Waals surface area (Å²) in [5.74, 6) is -0.0813. The number of fused-ring (bicyclic) bond motifs is 1. The van der Waals surface area contributed by atoms with Crippen LogP contribution in [0.3, 0.4) is 0 Å². The van der Waals surface area contributed by atoms with E-state index in [1.54, 1.807) is 0 Å². The van der Waals surface area contributed by atoms with Crippen molar-refractivity contribution in [3.8, 4) is 5.75 Å². The van der Waals surface area contributed by atoms with Gasteiger partial charge in [0.2, 0.25) is 0 Å². The Morgan fingerprint density at radius 2 is 1.80 bits per heavy atom. The molecule has 1 unspecified atom stereocenters. The number of pyridine rings is 1. The van der Waals surface area contributed by atoms with Gasteiger partial charge in [-0.1, -0.05) is 49.4 Å². The first-order valence-corrected chi connectivity index (χ1v) is 10.0. The number of ether oxygens (including phenoxy) is 1. The van der Waals surface area contributed by atoms with E-state index in [0.29, 0.717) is 6.61 Å². The smallest absolute Gasteiger partial charge is 0.303 e. The largest absolute Gasteiger partial charge is 0.487 e. The molecule has 0 radical (unpaired) electrons. The second-order valence-corrected chi connectivity index (χ2v) is 7.50. The van der Waals surface area contributed by atoms with Gasteiger partial charge in [-0.3, -0.25) is 4.79 Å². The van der Waals surface area contributed by atoms with Crippen molar-refractivity contribution in [2.45, 2.75) is 32.4 Å². The number of carboxylic acids is 1. The minimum absolute atomic E-state index is 0.0296. The van der Waals surface area contributed by atoms with Crippen molar-refractivity contribution in [1.29, 1.82) is 0 Å². The van der Waals surface area contributed by atoms with E-state index < -0.39 is 5.97 Å². The zero-order chi connectivity index (χ0) is 20.9. The van der Waals surface area contributed by atoms with E-state index >= 15 is 0 Å². The first kappa shape index (κ1) is 19.7. The standard InChI is InChI=1S/C25H24N2O3/c1-18(15-24(28)29)20-8-11-23(12-9-20)30-17-22-10-7-21-13-14-27(25(21)26-22)16-19-5-3-2-4-6-19/h2-14,18H,15-17H2,1H3,(H,28,29). The summed E-state index contributed by atoms with van der Waals surface area (Å²) in [5.41, 5.74) is 4.02. The Kier molecular flexibility index (Phi) is 5.80. The van der Waals surface area contributed by atoms with Gasteiger partial charge in [-0.25, -0.2) is 4.98 Å². The van der Waals surface area contributed by atoms with E-state index in [1.165, 1.54) is 5.56 Å². The van der Waals surface area contributed by atoms with Gasteiger partial charge in [0.05, 0.1) is 12.1 Å². The highest BCUT2D eigenvalue weighted by molar-refractivity contribution is 5.76. The number of aliphatic carboxylic acids is 1. The number of rotatable bonds is 8. The van der Waals surface area contributed by atoms with Crippen LogP contribution in [0.15, 0.2) is 79.0 Å². The summed E-state index contributed by atoms with van der Waals surface area (Å²) >= 11 is 0. The maximum Gasteiger partial charge on any atom is 0.303 e. The number of hydrogen-bond donors (Lipinski definition) is 1. The SMILES string of the molecule is CC(CC(=O)O)c1ccc(OCc2ccc3ccn(Cc4ccccc4)c3n2)cc1. The lowest BCUT2D eigenvalue weighted by Gasteiger charge is -2.11. The van der Waals surface area contributed by atoms with Crippen LogP contribution in [0.2, 0.25) is 0 Å². The van der Waals surface area contributed by atoms with Crippen LogP contribution < -0.4 is 4.74 Å². The molecule has 30 heavy (non-hydrogen) atoms. The normalized spacial score (nSPS) is 12.0. The van der Waals surface area contributed by atoms with Gasteiger partial charge in [0.1, 0.15) is 18.0 Å². The molecule has 5 heteroatoms. The molecule has 4 rings (SSSR count). The summed E-state index contributed by atoms with van der Waals surface area (Å²) in [5, 5.41) is 10.0. The zero-order valence-electron chi connectivity index (χ0n) is 16.9. The second kappa shape index (κ2) is 8.82. The summed E-state index contributed by atoms with van der Waals surface area (Å²) in [6, 6.07) is 24.1. The quantitative estimate of drug-likeness (QED) is 0.439. The molecule has 0 amide bonds. The molecule has 0 bridgehead atoms. The highest BCUT2D eigenvalue weighted by Gasteiger charge is 2.10. The molecule has 2 aromatic carbocycles. The summed E-state index contributed by atoms with van der Waals surface area (Å²) < 4.78 is 8.05. The molecule has 2 heterocycles. The summed E-state index contributed by atoms with van der Waals surface area (Å²) in [6.07, 6.45) is 2.18. The number of carbonyl (C=O) groups is 1. The first-order valence-electron chi connectivity index (χ1n) is 10.0. The average molecular weight is 400 g/mol. The van der Waals surface area contributed by atoms with E-state index in [9.17, 15) is 4.79 Å². The van der Waals surface area contributed by atoms with Crippen molar-refractivity contribution < 1.29 is 14.6 Å². The number of nitrogens with zero attached hydrogens (tertiary/aromatic N) is 2. The van der Waals surface area contributed by atoms with Crippen molar-refractivity contribution in [2.75, 3.05) is 0 Å². The molecule has 0 fully saturated rings. The summed E-state index contributed by atoms with van der Waals surface area (Å²) in [7, 11) is 0. The Morgan fingerprint density at radius 3 is 2.53 bits per heavy atom. The van der Waals surface area contributed by atoms with Crippen LogP contribution in [-0.2, 0) is 17.9 Å². The van der Waals surface area contributed by atoms with Crippen molar-refractivity contribution in [1.82, 2.24) is 9.55 Å². The highest BCUT2D eigenvalue weighted by Crippen LogP contribution is 2.23. The van der Waals surface area contributed by atoms with Crippen LogP contribution in [0.25, 0.3) is 11.0 Å². The van der Waals surface area contributed by atoms with Crippen molar-refractivity contribution in [2.24, 2.45) is 0 Å². The Morgan fingerprint density at radius 1 is 1.03 bits per heavy atom. The maximum absolute atomic E-state index is 10.9. The molecule has 4 aromatic rings. The van der Waals surface area contributed by atoms with Crippen molar-refractivity contribution >= 4 is 17.0 Å². The van der Waals surface area contributed by atoms with Crippen LogP contribution in [0.5, 0.6) is 5.75 Å². The predicted octanol–water partition coefficient (Wildman–Crippen LogP) is 5.24. The molecular formula is C25H24N2O3. The summed E-state index contributed by atoms with van der Waals surface area (Å²) in [6.45, 7) is 3.06. The molecule has 0 saturated carbocycles. The van der Waals surface area contributed by atoms with E-state index in [1.807, 2.05) is 55.5 Å². The fourth-order valence-electron chi connectivity index (χ4n) is 3.52. The van der Waals surface area contributed by atoms with Crippen LogP contribution in [0.4, 0.5) is 0 Å². The minimum atomic E-state index is -0.790. The molecule has 0 aliphatic heterocycles. The zero-order valence-corrected chi connectivity index (χ0v) is 16.9. The number of aromatic nitrogens is 2. The Labute approximate surface area is 175 Å². The lowest BCUT2D eigenvalue weighted by molar-refractivity contribution is -0.137. The van der Waals surface area contributed by atoms with Gasteiger partial charge in [-0.05, 0) is 47.4 Å². The van der Waals surface area contributed by atoms with Crippen LogP contribution in [0.1, 0.15) is 36.1 Å². The van der Waals surface area contributed by atoms with Gasteiger partial charge < -0.3 is 14.4 Å². The fraction of sp³-hybridized carbons (Fsp3) is 0.200. The van der Waals surface area contributed by atoms with Crippen LogP contribution in [0, 0.1) is 0 Å². The molecule has 5 nitrogen and oxygen atoms in total. The van der Waals surface area contributed by atoms with Gasteiger partial charge in [0.25, 0.3) is 0 Å². The first-order chi connectivity index (χ1) is 14.6. The van der Waals surface area contributed by atoms with Crippen molar-refractivity contribution in [3.05, 3.63) is 95.8 Å². The number of hydrogen-bond acceptors (Lipinski definition) is 3. The van der Waals surface area contributed by atoms with E-state index in [4.69, 9.17) is 14.8 Å². The lowest BCUT2D eigenvalue weighted by atomic mass is 9.98. The Balaban J connectivity index is 1.44. The third-order valence-corrected chi connectivity index (χ3v) is 5.18. The van der Waals surface area contributed by atoms with Gasteiger partial charge in [-0.2, -0.15) is 0 Å². The maximum atomic E-state index is 10.9. The Bertz CT molecular complexity index is 1130. The molecule has 0 aliphatic rings. The summed E-state index contributed by atoms with van der Waals surface area (Å²) in [4.78, 5) is 15.7. The van der Waals surface area contributed by atoms with Gasteiger partial charge >= 0.3 is 5.97 Å². The number of benzene rings is 2. The molecule has 1 atom stereocenters. The van der Waals surface area contributed by atoms with Crippen molar-refractivity contribution in [3.63, 3.8) is 0 Å². The molecule has 0 saturated heterocycles. The fourth-order valence-corrected chi connectivity index (χ4v) is 3.52. The predicted molar refractivity (Wildman–Crippen MR) is 117 cm³/mol. The topological polar surface area (TPSA) is 64.3 Å². The third-order valence-electron chi connectivity index (χ3n) is 5.18. The number of carboxylic acid groups (broad SMARTS) is 1. The second-order valence-electron chi connectivity index (χ2n) is 7.50. The molecular weight excluding hydrogens is 376 g/mol. The van der Waals surface area contributed by atoms with Gasteiger partial charge in [0.15, 0.2) is 0 Å². The monoisotopic (exact) mass is 400 g/mol. The third kappa shape index (κ3) is 4.69. The average Bonchev–Trinajstić information content (AvgIpc) is 3.15. The molecule has 2 aromatic heterocycles. The van der Waals surface area contributed by atoms with E-state index in [0.717, 1.165) is 34.6 Å². The van der Waals surface area contributed by atoms with E-state index in [-0.39, 0.29) is 12.3 Å². The van der Waals surface area contributed by atoms with Crippen LogP contribution >= 0.6 is 0 Å². The highest BCUT2D eigenvalue weighted by atomic mass is 16.5. The van der Waals surface area contributed by atoms with E-state index in [2.05, 4.69) is 35.0 Å². The Hall–Kier alpha value is -3.60. The molecule has 0 spiro atoms. The molecule has 1 N–H and O–H groups in total. The van der Waals surface area contributed by atoms with Crippen LogP contribution in [-0.4, -0.2) is 20.6 Å². The lowest BCUT2D eigenvalue weighted by Crippen LogP contribution is -2.04. The minimum Gasteiger partial charge on any atom is -0.487 e. The molecule has 0 aliphatic carbocycles.